The average Bonchev–Trinajstić information content (AvgIpc) is 2.87. The number of allylic oxidation sites excluding steroid dienone is 6. The molecule has 4 rings (SSSR count). The molecule has 0 N–H and O–H groups in total. The number of hydrogen-bond acceptors (Lipinski definition) is 2. The van der Waals surface area contributed by atoms with Gasteiger partial charge in [0.05, 0.1) is 15.2 Å². The Balaban J connectivity index is 2.07. The number of rotatable bonds is 2. The number of ether oxygens (including phenoxy) is 1. The monoisotopic (exact) mass is 332 g/mol. The standard InChI is InChI=1S/C21H20O2Si/c1-23-14-10-9-13-11-18(24(2,3)4)20-19(17(13)12-14)15-7-5-6-8-16(15)21(20)22/h5-11,13H,1-4H3. The Morgan fingerprint density at radius 2 is 1.79 bits per heavy atom. The molecule has 0 saturated carbocycles. The maximum Gasteiger partial charge on any atom is 0.194 e. The molecule has 0 amide bonds. The summed E-state index contributed by atoms with van der Waals surface area (Å²) in [5.41, 5.74) is 8.28. The van der Waals surface area contributed by atoms with Crippen molar-refractivity contribution in [3.8, 4) is 0 Å². The van der Waals surface area contributed by atoms with Gasteiger partial charge in [0.2, 0.25) is 0 Å². The van der Waals surface area contributed by atoms with E-state index in [1.165, 1.54) is 5.20 Å². The van der Waals surface area contributed by atoms with Crippen LogP contribution in [-0.4, -0.2) is 21.0 Å². The average molecular weight is 332 g/mol. The van der Waals surface area contributed by atoms with Crippen molar-refractivity contribution in [2.45, 2.75) is 19.6 Å². The zero-order valence-corrected chi connectivity index (χ0v) is 15.4. The predicted octanol–water partition coefficient (Wildman–Crippen LogP) is 4.70. The lowest BCUT2D eigenvalue weighted by molar-refractivity contribution is 0.104. The Kier molecular flexibility index (Phi) is 3.21. The quantitative estimate of drug-likeness (QED) is 0.580. The van der Waals surface area contributed by atoms with Gasteiger partial charge in [-0.1, -0.05) is 67.0 Å². The highest BCUT2D eigenvalue weighted by Gasteiger charge is 2.41. The van der Waals surface area contributed by atoms with Gasteiger partial charge in [-0.05, 0) is 11.6 Å². The third kappa shape index (κ3) is 2.06. The number of hydrogen-bond donors (Lipinski definition) is 0. The minimum absolute atomic E-state index is 0.163. The first-order valence-electron chi connectivity index (χ1n) is 8.26. The lowest BCUT2D eigenvalue weighted by Crippen LogP contribution is -2.30. The molecule has 0 aliphatic heterocycles. The van der Waals surface area contributed by atoms with Gasteiger partial charge in [-0.3, -0.25) is 4.79 Å². The fourth-order valence-corrected chi connectivity index (χ4v) is 5.41. The van der Waals surface area contributed by atoms with Crippen LogP contribution in [0.25, 0.3) is 5.57 Å². The van der Waals surface area contributed by atoms with Gasteiger partial charge >= 0.3 is 0 Å². The maximum absolute atomic E-state index is 13.1. The van der Waals surface area contributed by atoms with Gasteiger partial charge in [-0.2, -0.15) is 0 Å². The molecule has 1 atom stereocenters. The van der Waals surface area contributed by atoms with Gasteiger partial charge in [-0.15, -0.1) is 0 Å². The summed E-state index contributed by atoms with van der Waals surface area (Å²) in [5.74, 6) is 1.05. The van der Waals surface area contributed by atoms with Gasteiger partial charge < -0.3 is 4.74 Å². The summed E-state index contributed by atoms with van der Waals surface area (Å²) in [7, 11) is 0.0000499. The van der Waals surface area contributed by atoms with E-state index in [0.717, 1.165) is 33.6 Å². The Labute approximate surface area is 143 Å². The summed E-state index contributed by atoms with van der Waals surface area (Å²) >= 11 is 0. The molecular weight excluding hydrogens is 312 g/mol. The largest absolute Gasteiger partial charge is 0.489 e. The molecule has 1 aromatic rings. The van der Waals surface area contributed by atoms with E-state index in [9.17, 15) is 4.79 Å². The van der Waals surface area contributed by atoms with Crippen LogP contribution in [-0.2, 0) is 4.74 Å². The first-order valence-corrected chi connectivity index (χ1v) is 11.8. The lowest BCUT2D eigenvalue weighted by atomic mass is 9.82. The van der Waals surface area contributed by atoms with E-state index in [4.69, 9.17) is 4.74 Å². The minimum Gasteiger partial charge on any atom is -0.489 e. The summed E-state index contributed by atoms with van der Waals surface area (Å²) in [6, 6.07) is 7.94. The van der Waals surface area contributed by atoms with Crippen LogP contribution in [0.2, 0.25) is 19.6 Å². The molecule has 0 bridgehead atoms. The van der Waals surface area contributed by atoms with Crippen molar-refractivity contribution in [3.63, 3.8) is 0 Å². The summed E-state index contributed by atoms with van der Waals surface area (Å²) < 4.78 is 5.38. The minimum atomic E-state index is -1.66. The molecule has 2 nitrogen and oxygen atoms in total. The van der Waals surface area contributed by atoms with Gasteiger partial charge in [0.15, 0.2) is 11.5 Å². The van der Waals surface area contributed by atoms with Crippen molar-refractivity contribution in [1.29, 1.82) is 0 Å². The van der Waals surface area contributed by atoms with Gasteiger partial charge in [0, 0.05) is 28.2 Å². The Morgan fingerprint density at radius 1 is 1.08 bits per heavy atom. The summed E-state index contributed by atoms with van der Waals surface area (Å²) in [5, 5.41) is 1.26. The molecule has 3 aliphatic carbocycles. The number of carbonyl (C=O) groups excluding carboxylic acids is 1. The molecule has 0 heterocycles. The Morgan fingerprint density at radius 3 is 2.46 bits per heavy atom. The van der Waals surface area contributed by atoms with Crippen molar-refractivity contribution < 1.29 is 9.53 Å². The molecule has 120 valence electrons. The van der Waals surface area contributed by atoms with E-state index in [0.29, 0.717) is 0 Å². The topological polar surface area (TPSA) is 26.3 Å². The van der Waals surface area contributed by atoms with Gasteiger partial charge in [0.25, 0.3) is 0 Å². The van der Waals surface area contributed by atoms with Crippen LogP contribution < -0.4 is 0 Å². The Bertz CT molecular complexity index is 929. The number of methoxy groups -OCH3 is 1. The van der Waals surface area contributed by atoms with Crippen LogP contribution in [0.1, 0.15) is 15.9 Å². The smallest absolute Gasteiger partial charge is 0.194 e. The SMILES string of the molecule is COC1=C=C2C3=C(C(=O)c4ccccc43)C([Si](C)(C)C)=CC2C=C1. The molecule has 3 aliphatic rings. The Hall–Kier alpha value is -2.35. The van der Waals surface area contributed by atoms with Crippen LogP contribution in [0.15, 0.2) is 70.3 Å². The summed E-state index contributed by atoms with van der Waals surface area (Å²) in [6.07, 6.45) is 6.40. The van der Waals surface area contributed by atoms with Crippen molar-refractivity contribution in [1.82, 2.24) is 0 Å². The second kappa shape index (κ2) is 5.07. The fourth-order valence-electron chi connectivity index (χ4n) is 3.74. The lowest BCUT2D eigenvalue weighted by Gasteiger charge is -2.30. The normalized spacial score (nSPS) is 21.6. The number of benzene rings is 1. The fraction of sp³-hybridized carbons (Fsp3) is 0.238. The molecule has 0 aromatic heterocycles. The summed E-state index contributed by atoms with van der Waals surface area (Å²) in [6.45, 7) is 6.91. The first-order chi connectivity index (χ1) is 11.4. The summed E-state index contributed by atoms with van der Waals surface area (Å²) in [4.78, 5) is 13.1. The predicted molar refractivity (Wildman–Crippen MR) is 99.3 cm³/mol. The van der Waals surface area contributed by atoms with Crippen LogP contribution >= 0.6 is 0 Å². The second-order valence-electron chi connectivity index (χ2n) is 7.45. The number of Topliss-reactive ketones (excluding diaryl/α,β-unsaturated/α-hetero) is 1. The van der Waals surface area contributed by atoms with Crippen LogP contribution in [0.3, 0.4) is 0 Å². The van der Waals surface area contributed by atoms with Crippen LogP contribution in [0, 0.1) is 5.92 Å². The molecular formula is C21H20O2Si. The van der Waals surface area contributed by atoms with E-state index in [1.54, 1.807) is 7.11 Å². The zero-order valence-electron chi connectivity index (χ0n) is 14.4. The van der Waals surface area contributed by atoms with Crippen LogP contribution in [0.4, 0.5) is 0 Å². The van der Waals surface area contributed by atoms with Crippen molar-refractivity contribution in [2.24, 2.45) is 5.92 Å². The second-order valence-corrected chi connectivity index (χ2v) is 12.5. The van der Waals surface area contributed by atoms with Gasteiger partial charge in [0.1, 0.15) is 0 Å². The maximum atomic E-state index is 13.1. The van der Waals surface area contributed by atoms with E-state index in [-0.39, 0.29) is 11.7 Å². The highest BCUT2D eigenvalue weighted by atomic mass is 28.3. The van der Waals surface area contributed by atoms with Crippen molar-refractivity contribution >= 4 is 19.4 Å². The highest BCUT2D eigenvalue weighted by molar-refractivity contribution is 6.85. The number of fused-ring (bicyclic) bond motifs is 4. The van der Waals surface area contributed by atoms with E-state index in [2.05, 4.69) is 43.6 Å². The molecule has 1 unspecified atom stereocenters. The molecule has 24 heavy (non-hydrogen) atoms. The van der Waals surface area contributed by atoms with Crippen molar-refractivity contribution in [2.75, 3.05) is 7.11 Å². The molecule has 0 radical (unpaired) electrons. The third-order valence-corrected chi connectivity index (χ3v) is 6.91. The molecule has 0 saturated heterocycles. The zero-order chi connectivity index (χ0) is 17.1. The molecule has 0 spiro atoms. The third-order valence-electron chi connectivity index (χ3n) is 4.88. The molecule has 1 aromatic carbocycles. The molecule has 3 heteroatoms. The number of carbonyl (C=O) groups is 1. The van der Waals surface area contributed by atoms with E-state index >= 15 is 0 Å². The molecule has 0 fully saturated rings. The van der Waals surface area contributed by atoms with Crippen LogP contribution in [0.5, 0.6) is 0 Å². The van der Waals surface area contributed by atoms with Crippen molar-refractivity contribution in [3.05, 3.63) is 81.5 Å². The van der Waals surface area contributed by atoms with Gasteiger partial charge in [-0.25, -0.2) is 0 Å². The van der Waals surface area contributed by atoms with E-state index in [1.807, 2.05) is 24.3 Å². The highest BCUT2D eigenvalue weighted by Crippen LogP contribution is 2.49. The number of ketones is 1. The van der Waals surface area contributed by atoms with E-state index < -0.39 is 8.07 Å². The first kappa shape index (κ1) is 15.2.